The average Bonchev–Trinajstić information content (AvgIpc) is 2.79. The number of rotatable bonds is 4. The predicted octanol–water partition coefficient (Wildman–Crippen LogP) is 1.43. The van der Waals surface area contributed by atoms with E-state index < -0.39 is 22.6 Å². The molecule has 8 heteroatoms. The molecule has 0 amide bonds. The highest BCUT2D eigenvalue weighted by atomic mass is 32.2. The lowest BCUT2D eigenvalue weighted by Gasteiger charge is -2.12. The minimum Gasteiger partial charge on any atom is -0.315 e. The van der Waals surface area contributed by atoms with E-state index in [1.54, 1.807) is 0 Å². The summed E-state index contributed by atoms with van der Waals surface area (Å²) < 4.78 is 63.2. The van der Waals surface area contributed by atoms with Crippen LogP contribution in [0, 0.1) is 0 Å². The molecule has 1 aliphatic rings. The first-order chi connectivity index (χ1) is 9.26. The maximum Gasteiger partial charge on any atom is 0.393 e. The Balaban J connectivity index is 2.08. The Morgan fingerprint density at radius 2 is 1.90 bits per heavy atom. The van der Waals surface area contributed by atoms with Gasteiger partial charge in [-0.25, -0.2) is 13.1 Å². The molecule has 1 aliphatic heterocycles. The molecule has 1 saturated heterocycles. The molecule has 1 aromatic rings. The highest BCUT2D eigenvalue weighted by Gasteiger charge is 2.28. The number of hydrogen-bond donors (Lipinski definition) is 2. The molecular weight excluding hydrogens is 293 g/mol. The van der Waals surface area contributed by atoms with Crippen LogP contribution in [0.15, 0.2) is 29.2 Å². The average molecular weight is 308 g/mol. The topological polar surface area (TPSA) is 58.2 Å². The molecule has 1 fully saturated rings. The van der Waals surface area contributed by atoms with Gasteiger partial charge in [0.05, 0.1) is 11.3 Å². The van der Waals surface area contributed by atoms with Crippen LogP contribution >= 0.6 is 0 Å². The van der Waals surface area contributed by atoms with E-state index in [0.29, 0.717) is 13.0 Å². The van der Waals surface area contributed by atoms with E-state index in [2.05, 4.69) is 10.0 Å². The van der Waals surface area contributed by atoms with Gasteiger partial charge in [-0.15, -0.1) is 0 Å². The molecule has 1 aromatic carbocycles. The van der Waals surface area contributed by atoms with Gasteiger partial charge in [0, 0.05) is 12.6 Å². The first-order valence-corrected chi connectivity index (χ1v) is 7.63. The summed E-state index contributed by atoms with van der Waals surface area (Å²) >= 11 is 0. The normalized spacial score (nSPS) is 20.2. The van der Waals surface area contributed by atoms with Crippen molar-refractivity contribution in [2.75, 3.05) is 13.1 Å². The Morgan fingerprint density at radius 1 is 1.25 bits per heavy atom. The Kier molecular flexibility index (Phi) is 4.36. The predicted molar refractivity (Wildman–Crippen MR) is 67.8 cm³/mol. The quantitative estimate of drug-likeness (QED) is 0.885. The molecule has 1 heterocycles. The SMILES string of the molecule is O=S(=O)(NC1CCNC1)c1ccc(CC(F)(F)F)cc1. The zero-order chi connectivity index (χ0) is 14.8. The minimum absolute atomic E-state index is 0.0182. The molecule has 0 saturated carbocycles. The third-order valence-electron chi connectivity index (χ3n) is 3.02. The Morgan fingerprint density at radius 3 is 2.40 bits per heavy atom. The van der Waals surface area contributed by atoms with Crippen LogP contribution in [0.25, 0.3) is 0 Å². The van der Waals surface area contributed by atoms with Gasteiger partial charge >= 0.3 is 6.18 Å². The molecule has 20 heavy (non-hydrogen) atoms. The van der Waals surface area contributed by atoms with Gasteiger partial charge in [0.15, 0.2) is 0 Å². The number of nitrogens with one attached hydrogen (secondary N) is 2. The van der Waals surface area contributed by atoms with Crippen molar-refractivity contribution in [3.05, 3.63) is 29.8 Å². The molecule has 0 radical (unpaired) electrons. The zero-order valence-electron chi connectivity index (χ0n) is 10.6. The highest BCUT2D eigenvalue weighted by Crippen LogP contribution is 2.22. The van der Waals surface area contributed by atoms with E-state index >= 15 is 0 Å². The van der Waals surface area contributed by atoms with Crippen molar-refractivity contribution in [1.29, 1.82) is 0 Å². The van der Waals surface area contributed by atoms with Gasteiger partial charge in [0.2, 0.25) is 10.0 Å². The van der Waals surface area contributed by atoms with Crippen LogP contribution in [-0.2, 0) is 16.4 Å². The lowest BCUT2D eigenvalue weighted by atomic mass is 10.1. The second kappa shape index (κ2) is 5.71. The number of halogens is 3. The molecule has 2 N–H and O–H groups in total. The first-order valence-electron chi connectivity index (χ1n) is 6.15. The smallest absolute Gasteiger partial charge is 0.315 e. The molecule has 2 rings (SSSR count). The molecule has 0 spiro atoms. The summed E-state index contributed by atoms with van der Waals surface area (Å²) in [5.74, 6) is 0. The summed E-state index contributed by atoms with van der Waals surface area (Å²) in [7, 11) is -3.68. The van der Waals surface area contributed by atoms with Crippen LogP contribution in [0.1, 0.15) is 12.0 Å². The van der Waals surface area contributed by atoms with E-state index in [1.807, 2.05) is 0 Å². The van der Waals surface area contributed by atoms with Crippen molar-refractivity contribution in [2.45, 2.75) is 30.0 Å². The van der Waals surface area contributed by atoms with Gasteiger partial charge in [-0.1, -0.05) is 12.1 Å². The number of alkyl halides is 3. The Bertz CT molecular complexity index is 549. The van der Waals surface area contributed by atoms with Gasteiger partial charge in [-0.3, -0.25) is 0 Å². The Hall–Kier alpha value is -1.12. The molecular formula is C12H15F3N2O2S. The van der Waals surface area contributed by atoms with Crippen LogP contribution in [0.5, 0.6) is 0 Å². The maximum absolute atomic E-state index is 12.2. The number of benzene rings is 1. The Labute approximate surface area is 115 Å². The summed E-state index contributed by atoms with van der Waals surface area (Å²) in [6.45, 7) is 1.31. The molecule has 1 unspecified atom stereocenters. The standard InChI is InChI=1S/C12H15F3N2O2S/c13-12(14,15)7-9-1-3-11(4-2-9)20(18,19)17-10-5-6-16-8-10/h1-4,10,16-17H,5-8H2. The van der Waals surface area contributed by atoms with Gasteiger partial charge in [-0.05, 0) is 30.7 Å². The summed E-state index contributed by atoms with van der Waals surface area (Å²) in [5, 5.41) is 3.03. The molecule has 0 aliphatic carbocycles. The second-order valence-electron chi connectivity index (χ2n) is 4.75. The lowest BCUT2D eigenvalue weighted by molar-refractivity contribution is -0.127. The third-order valence-corrected chi connectivity index (χ3v) is 4.56. The van der Waals surface area contributed by atoms with E-state index in [-0.39, 0.29) is 16.5 Å². The zero-order valence-corrected chi connectivity index (χ0v) is 11.4. The maximum atomic E-state index is 12.2. The molecule has 0 aromatic heterocycles. The van der Waals surface area contributed by atoms with Crippen molar-refractivity contribution in [1.82, 2.24) is 10.0 Å². The van der Waals surface area contributed by atoms with Crippen LogP contribution in [0.4, 0.5) is 13.2 Å². The summed E-state index contributed by atoms with van der Waals surface area (Å²) in [6, 6.07) is 4.61. The highest BCUT2D eigenvalue weighted by molar-refractivity contribution is 7.89. The summed E-state index contributed by atoms with van der Waals surface area (Å²) in [6.07, 6.45) is -4.66. The fraction of sp³-hybridized carbons (Fsp3) is 0.500. The fourth-order valence-corrected chi connectivity index (χ4v) is 3.33. The largest absolute Gasteiger partial charge is 0.393 e. The first kappa shape index (κ1) is 15.3. The van der Waals surface area contributed by atoms with Crippen molar-refractivity contribution < 1.29 is 21.6 Å². The van der Waals surface area contributed by atoms with Crippen molar-refractivity contribution in [3.8, 4) is 0 Å². The van der Waals surface area contributed by atoms with E-state index in [0.717, 1.165) is 6.54 Å². The van der Waals surface area contributed by atoms with Crippen LogP contribution in [0.3, 0.4) is 0 Å². The van der Waals surface area contributed by atoms with Crippen LogP contribution < -0.4 is 10.0 Å². The van der Waals surface area contributed by atoms with E-state index in [4.69, 9.17) is 0 Å². The van der Waals surface area contributed by atoms with E-state index in [9.17, 15) is 21.6 Å². The van der Waals surface area contributed by atoms with Gasteiger partial charge in [0.25, 0.3) is 0 Å². The fourth-order valence-electron chi connectivity index (χ4n) is 2.06. The van der Waals surface area contributed by atoms with Crippen LogP contribution in [-0.4, -0.2) is 33.7 Å². The molecule has 0 bridgehead atoms. The number of sulfonamides is 1. The second-order valence-corrected chi connectivity index (χ2v) is 6.46. The summed E-state index contributed by atoms with van der Waals surface area (Å²) in [5.41, 5.74) is 0.0407. The molecule has 1 atom stereocenters. The monoisotopic (exact) mass is 308 g/mol. The van der Waals surface area contributed by atoms with Crippen molar-refractivity contribution >= 4 is 10.0 Å². The molecule has 4 nitrogen and oxygen atoms in total. The van der Waals surface area contributed by atoms with Crippen molar-refractivity contribution in [2.24, 2.45) is 0 Å². The van der Waals surface area contributed by atoms with Crippen molar-refractivity contribution in [3.63, 3.8) is 0 Å². The molecule has 112 valence electrons. The lowest BCUT2D eigenvalue weighted by Crippen LogP contribution is -2.36. The van der Waals surface area contributed by atoms with Crippen LogP contribution in [0.2, 0.25) is 0 Å². The van der Waals surface area contributed by atoms with Gasteiger partial charge in [0.1, 0.15) is 0 Å². The third kappa shape index (κ3) is 4.19. The van der Waals surface area contributed by atoms with E-state index in [1.165, 1.54) is 24.3 Å². The number of hydrogen-bond acceptors (Lipinski definition) is 3. The van der Waals surface area contributed by atoms with Gasteiger partial charge < -0.3 is 5.32 Å². The minimum atomic E-state index is -4.30. The van der Waals surface area contributed by atoms with Gasteiger partial charge in [-0.2, -0.15) is 13.2 Å². The summed E-state index contributed by atoms with van der Waals surface area (Å²) in [4.78, 5) is -0.0182.